The zero-order chi connectivity index (χ0) is 14.6. The number of carbonyl (C=O) groups excluding carboxylic acids is 1. The van der Waals surface area contributed by atoms with Gasteiger partial charge in [0.2, 0.25) is 0 Å². The highest BCUT2D eigenvalue weighted by atomic mass is 32.2. The zero-order valence-corrected chi connectivity index (χ0v) is 12.8. The molecule has 110 valence electrons. The Balaban J connectivity index is 2.06. The first kappa shape index (κ1) is 15.0. The van der Waals surface area contributed by atoms with Crippen LogP contribution in [0, 0.1) is 0 Å². The van der Waals surface area contributed by atoms with Crippen LogP contribution in [0.4, 0.5) is 11.4 Å². The Bertz CT molecular complexity index is 484. The second-order valence-corrected chi connectivity index (χ2v) is 6.74. The minimum atomic E-state index is -0.483. The van der Waals surface area contributed by atoms with Crippen molar-refractivity contribution >= 4 is 29.0 Å². The second kappa shape index (κ2) is 6.39. The summed E-state index contributed by atoms with van der Waals surface area (Å²) in [5, 5.41) is 3.44. The van der Waals surface area contributed by atoms with E-state index in [1.165, 1.54) is 32.1 Å². The summed E-state index contributed by atoms with van der Waals surface area (Å²) < 4.78 is 0.312. The van der Waals surface area contributed by atoms with E-state index in [0.29, 0.717) is 16.0 Å². The van der Waals surface area contributed by atoms with Crippen LogP contribution >= 0.6 is 11.8 Å². The molecule has 0 heterocycles. The van der Waals surface area contributed by atoms with Gasteiger partial charge in [0.25, 0.3) is 5.91 Å². The number of nitrogen functional groups attached to an aromatic ring is 1. The van der Waals surface area contributed by atoms with E-state index >= 15 is 0 Å². The number of hydrogen-bond acceptors (Lipinski definition) is 4. The fourth-order valence-electron chi connectivity index (χ4n) is 2.79. The van der Waals surface area contributed by atoms with Gasteiger partial charge in [-0.1, -0.05) is 19.3 Å². The molecule has 1 aliphatic rings. The number of nitrogens with two attached hydrogens (primary N) is 2. The van der Waals surface area contributed by atoms with Crippen molar-refractivity contribution in [2.45, 2.75) is 36.9 Å². The summed E-state index contributed by atoms with van der Waals surface area (Å²) in [4.78, 5) is 11.3. The van der Waals surface area contributed by atoms with Crippen molar-refractivity contribution in [2.75, 3.05) is 23.9 Å². The van der Waals surface area contributed by atoms with Crippen molar-refractivity contribution in [2.24, 2.45) is 5.73 Å². The van der Waals surface area contributed by atoms with Gasteiger partial charge >= 0.3 is 0 Å². The summed E-state index contributed by atoms with van der Waals surface area (Å²) in [6, 6.07) is 5.38. The summed E-state index contributed by atoms with van der Waals surface area (Å²) in [6.45, 7) is 0.913. The van der Waals surface area contributed by atoms with Crippen LogP contribution in [0.3, 0.4) is 0 Å². The first-order chi connectivity index (χ1) is 9.56. The molecule has 1 aliphatic carbocycles. The normalized spacial score (nSPS) is 17.6. The van der Waals surface area contributed by atoms with E-state index in [2.05, 4.69) is 11.6 Å². The van der Waals surface area contributed by atoms with Gasteiger partial charge in [0, 0.05) is 22.7 Å². The molecular weight excluding hydrogens is 270 g/mol. The Morgan fingerprint density at radius 1 is 1.35 bits per heavy atom. The summed E-state index contributed by atoms with van der Waals surface area (Å²) in [5.41, 5.74) is 12.8. The van der Waals surface area contributed by atoms with Crippen molar-refractivity contribution in [3.63, 3.8) is 0 Å². The molecule has 0 radical (unpaired) electrons. The first-order valence-corrected chi connectivity index (χ1v) is 8.27. The molecule has 0 aliphatic heterocycles. The summed E-state index contributed by atoms with van der Waals surface area (Å²) >= 11 is 1.95. The molecule has 1 fully saturated rings. The fourth-order valence-corrected chi connectivity index (χ4v) is 3.71. The van der Waals surface area contributed by atoms with Gasteiger partial charge in [0.05, 0.1) is 5.56 Å². The third kappa shape index (κ3) is 3.39. The van der Waals surface area contributed by atoms with Gasteiger partial charge < -0.3 is 16.8 Å². The molecule has 0 atom stereocenters. The average molecular weight is 293 g/mol. The van der Waals surface area contributed by atoms with Gasteiger partial charge in [-0.05, 0) is 37.3 Å². The van der Waals surface area contributed by atoms with Gasteiger partial charge in [0.15, 0.2) is 0 Å². The highest BCUT2D eigenvalue weighted by Crippen LogP contribution is 2.38. The Hall–Kier alpha value is -1.36. The molecule has 0 unspecified atom stereocenters. The van der Waals surface area contributed by atoms with E-state index in [1.807, 2.05) is 17.8 Å². The molecule has 5 N–H and O–H groups in total. The maximum atomic E-state index is 11.3. The van der Waals surface area contributed by atoms with E-state index < -0.39 is 5.91 Å². The number of thioether (sulfide) groups is 1. The number of hydrogen-bond donors (Lipinski definition) is 3. The van der Waals surface area contributed by atoms with Gasteiger partial charge in [-0.3, -0.25) is 4.79 Å². The molecule has 4 nitrogen and oxygen atoms in total. The van der Waals surface area contributed by atoms with Crippen molar-refractivity contribution in [1.29, 1.82) is 0 Å². The van der Waals surface area contributed by atoms with Crippen LogP contribution in [0.1, 0.15) is 42.5 Å². The minimum Gasteiger partial charge on any atom is -0.398 e. The van der Waals surface area contributed by atoms with E-state index in [1.54, 1.807) is 12.1 Å². The van der Waals surface area contributed by atoms with Crippen LogP contribution in [0.5, 0.6) is 0 Å². The van der Waals surface area contributed by atoms with E-state index in [-0.39, 0.29) is 0 Å². The third-order valence-electron chi connectivity index (χ3n) is 4.13. The Kier molecular flexibility index (Phi) is 4.81. The van der Waals surface area contributed by atoms with Crippen molar-refractivity contribution < 1.29 is 4.79 Å². The molecule has 1 aromatic rings. The zero-order valence-electron chi connectivity index (χ0n) is 11.9. The van der Waals surface area contributed by atoms with Crippen molar-refractivity contribution in [3.05, 3.63) is 23.8 Å². The van der Waals surface area contributed by atoms with Crippen LogP contribution < -0.4 is 16.8 Å². The molecule has 5 heteroatoms. The Labute approximate surface area is 124 Å². The molecule has 1 aromatic carbocycles. The van der Waals surface area contributed by atoms with Gasteiger partial charge in [-0.25, -0.2) is 0 Å². The van der Waals surface area contributed by atoms with Gasteiger partial charge in [0.1, 0.15) is 0 Å². The van der Waals surface area contributed by atoms with Gasteiger partial charge in [-0.15, -0.1) is 0 Å². The molecule has 0 spiro atoms. The molecule has 0 aromatic heterocycles. The lowest BCUT2D eigenvalue weighted by Crippen LogP contribution is -2.35. The van der Waals surface area contributed by atoms with Crippen LogP contribution in [0.15, 0.2) is 18.2 Å². The average Bonchev–Trinajstić information content (AvgIpc) is 2.47. The summed E-state index contributed by atoms with van der Waals surface area (Å²) in [5.74, 6) is -0.483. The number of nitrogens with one attached hydrogen (secondary N) is 1. The highest BCUT2D eigenvalue weighted by Gasteiger charge is 2.30. The van der Waals surface area contributed by atoms with Crippen LogP contribution in [-0.2, 0) is 0 Å². The lowest BCUT2D eigenvalue weighted by atomic mass is 9.88. The smallest absolute Gasteiger partial charge is 0.250 e. The summed E-state index contributed by atoms with van der Waals surface area (Å²) in [6.07, 6.45) is 8.63. The number of amides is 1. The van der Waals surface area contributed by atoms with E-state index in [4.69, 9.17) is 11.5 Å². The topological polar surface area (TPSA) is 81.1 Å². The minimum absolute atomic E-state index is 0.312. The lowest BCUT2D eigenvalue weighted by molar-refractivity contribution is 0.100. The maximum Gasteiger partial charge on any atom is 0.250 e. The first-order valence-electron chi connectivity index (χ1n) is 7.05. The van der Waals surface area contributed by atoms with Crippen LogP contribution in [0.2, 0.25) is 0 Å². The van der Waals surface area contributed by atoms with Crippen molar-refractivity contribution in [3.8, 4) is 0 Å². The predicted molar refractivity (Wildman–Crippen MR) is 87.2 cm³/mol. The Morgan fingerprint density at radius 3 is 2.65 bits per heavy atom. The largest absolute Gasteiger partial charge is 0.398 e. The fraction of sp³-hybridized carbons (Fsp3) is 0.533. The van der Waals surface area contributed by atoms with Crippen LogP contribution in [0.25, 0.3) is 0 Å². The maximum absolute atomic E-state index is 11.3. The molecule has 0 bridgehead atoms. The number of carbonyl (C=O) groups is 1. The SMILES string of the molecule is CSC1(CNc2ccc(N)c(C(N)=O)c2)CCCCC1. The van der Waals surface area contributed by atoms with E-state index in [9.17, 15) is 4.79 Å². The lowest BCUT2D eigenvalue weighted by Gasteiger charge is -2.36. The standard InChI is InChI=1S/C15H23N3OS/c1-20-15(7-3-2-4-8-15)10-18-11-5-6-13(16)12(9-11)14(17)19/h5-6,9,18H,2-4,7-8,10,16H2,1H3,(H2,17,19). The summed E-state index contributed by atoms with van der Waals surface area (Å²) in [7, 11) is 0. The number of rotatable bonds is 5. The molecule has 1 saturated carbocycles. The molecule has 0 saturated heterocycles. The molecule has 1 amide bonds. The molecular formula is C15H23N3OS. The van der Waals surface area contributed by atoms with Crippen LogP contribution in [-0.4, -0.2) is 23.5 Å². The quantitative estimate of drug-likeness (QED) is 0.729. The third-order valence-corrected chi connectivity index (χ3v) is 5.55. The second-order valence-electron chi connectivity index (χ2n) is 5.47. The number of anilines is 2. The monoisotopic (exact) mass is 293 g/mol. The predicted octanol–water partition coefficient (Wildman–Crippen LogP) is 2.85. The van der Waals surface area contributed by atoms with Crippen molar-refractivity contribution in [1.82, 2.24) is 0 Å². The number of primary amides is 1. The highest BCUT2D eigenvalue weighted by molar-refractivity contribution is 8.00. The molecule has 20 heavy (non-hydrogen) atoms. The van der Waals surface area contributed by atoms with Gasteiger partial charge in [-0.2, -0.15) is 11.8 Å². The number of benzene rings is 1. The molecule has 2 rings (SSSR count). The Morgan fingerprint density at radius 2 is 2.05 bits per heavy atom. The van der Waals surface area contributed by atoms with E-state index in [0.717, 1.165) is 12.2 Å².